The van der Waals surface area contributed by atoms with Crippen molar-refractivity contribution in [3.63, 3.8) is 0 Å². The molecule has 0 spiro atoms. The third kappa shape index (κ3) is 21.2. The number of halogens is 1. The van der Waals surface area contributed by atoms with E-state index in [0.29, 0.717) is 17.6 Å². The van der Waals surface area contributed by atoms with Gasteiger partial charge in [0, 0.05) is 22.3 Å². The number of aliphatic hydroxyl groups is 1. The molecule has 0 aliphatic carbocycles. The van der Waals surface area contributed by atoms with Gasteiger partial charge in [0.15, 0.2) is 11.6 Å². The maximum absolute atomic E-state index is 12.4. The van der Waals surface area contributed by atoms with E-state index in [9.17, 15) is 9.59 Å². The predicted molar refractivity (Wildman–Crippen MR) is 172 cm³/mol. The van der Waals surface area contributed by atoms with Crippen LogP contribution in [-0.4, -0.2) is 33.4 Å². The second-order valence-corrected chi connectivity index (χ2v) is 14.3. The van der Waals surface area contributed by atoms with Crippen molar-refractivity contribution in [3.05, 3.63) is 60.7 Å². The van der Waals surface area contributed by atoms with Gasteiger partial charge in [-0.15, -0.1) is 11.8 Å². The predicted octanol–water partition coefficient (Wildman–Crippen LogP) is 6.03. The summed E-state index contributed by atoms with van der Waals surface area (Å²) < 4.78 is 0. The van der Waals surface area contributed by atoms with Crippen molar-refractivity contribution < 1.29 is 44.3 Å². The van der Waals surface area contributed by atoms with E-state index in [2.05, 4.69) is 41.9 Å². The standard InChI is InChI=1S/C15H22OS.C9H17BrO.C6H6S.C2H6O.Na/c1-11(2)13(14(16)15(3,4)5)17-12-9-7-6-8-10-12;1-6(2)7(10)8(11)9(3,4)5;7-6-4-2-1-3-5-6;1-2-3;/h6-11,13H,1-5H3;6-7H,1-5H3;1-5,7H;3H,2H2,1H3;/q;;;;+1/p-1. The molecule has 2 unspecified atom stereocenters. The fourth-order valence-corrected chi connectivity index (χ4v) is 4.89. The van der Waals surface area contributed by atoms with Gasteiger partial charge < -0.3 is 17.7 Å². The number of aliphatic hydroxyl groups excluding tert-OH is 1. The van der Waals surface area contributed by atoms with Gasteiger partial charge in [-0.05, 0) is 30.9 Å². The van der Waals surface area contributed by atoms with Gasteiger partial charge in [-0.25, -0.2) is 0 Å². The summed E-state index contributed by atoms with van der Waals surface area (Å²) in [6.45, 7) is 22.1. The summed E-state index contributed by atoms with van der Waals surface area (Å²) in [7, 11) is 0. The molecule has 2 aromatic carbocycles. The maximum Gasteiger partial charge on any atom is 1.00 e. The minimum atomic E-state index is -0.267. The van der Waals surface area contributed by atoms with E-state index in [1.54, 1.807) is 18.7 Å². The molecular formula is C32H50BrNaO3S2. The molecule has 2 rings (SSSR count). The number of ketones is 2. The van der Waals surface area contributed by atoms with Crippen LogP contribution in [0, 0.1) is 22.7 Å². The Labute approximate surface area is 279 Å². The van der Waals surface area contributed by atoms with Gasteiger partial charge in [0.05, 0.1) is 10.1 Å². The Kier molecular flexibility index (Phi) is 24.8. The Morgan fingerprint density at radius 2 is 1.15 bits per heavy atom. The van der Waals surface area contributed by atoms with Crippen molar-refractivity contribution in [2.24, 2.45) is 22.7 Å². The molecule has 0 heterocycles. The molecule has 39 heavy (non-hydrogen) atoms. The number of hydrogen-bond acceptors (Lipinski definition) is 5. The summed E-state index contributed by atoms with van der Waals surface area (Å²) in [6.07, 6.45) is 0. The first-order valence-corrected chi connectivity index (χ1v) is 15.4. The van der Waals surface area contributed by atoms with Crippen molar-refractivity contribution >= 4 is 51.9 Å². The normalized spacial score (nSPS) is 12.3. The minimum absolute atomic E-state index is 0. The number of rotatable bonds is 6. The fourth-order valence-electron chi connectivity index (χ4n) is 2.70. The van der Waals surface area contributed by atoms with E-state index in [4.69, 9.17) is 17.7 Å². The largest absolute Gasteiger partial charge is 1.00 e. The number of carbonyl (C=O) groups is 2. The fraction of sp³-hybridized carbons (Fsp3) is 0.562. The van der Waals surface area contributed by atoms with E-state index in [1.807, 2.05) is 104 Å². The number of alkyl halides is 1. The number of thioether (sulfide) groups is 1. The van der Waals surface area contributed by atoms with Crippen molar-refractivity contribution in [1.29, 1.82) is 0 Å². The first-order valence-electron chi connectivity index (χ1n) is 13.2. The molecule has 0 saturated carbocycles. The summed E-state index contributed by atoms with van der Waals surface area (Å²) in [5.74, 6) is 1.35. The van der Waals surface area contributed by atoms with Crippen LogP contribution in [0.25, 0.3) is 0 Å². The molecule has 0 aromatic heterocycles. The maximum atomic E-state index is 12.4. The van der Waals surface area contributed by atoms with Gasteiger partial charge in [-0.2, -0.15) is 4.90 Å². The zero-order valence-corrected chi connectivity index (χ0v) is 31.5. The molecule has 2 aromatic rings. The van der Waals surface area contributed by atoms with Crippen molar-refractivity contribution in [3.8, 4) is 0 Å². The first kappa shape index (κ1) is 43.2. The molecular weight excluding hydrogens is 599 g/mol. The Balaban J connectivity index is -0.000000506. The second kappa shape index (κ2) is 22.4. The Morgan fingerprint density at radius 1 is 0.795 bits per heavy atom. The van der Waals surface area contributed by atoms with E-state index < -0.39 is 0 Å². The Hall–Kier alpha value is -0.210. The molecule has 3 nitrogen and oxygen atoms in total. The van der Waals surface area contributed by atoms with Gasteiger partial charge in [0.25, 0.3) is 0 Å². The molecule has 1 N–H and O–H groups in total. The van der Waals surface area contributed by atoms with Crippen LogP contribution in [-0.2, 0) is 22.2 Å². The van der Waals surface area contributed by atoms with Crippen LogP contribution >= 0.6 is 27.7 Å². The van der Waals surface area contributed by atoms with E-state index >= 15 is 0 Å². The number of Topliss-reactive ketones (excluding diaryl/α,β-unsaturated/α-hetero) is 2. The minimum Gasteiger partial charge on any atom is -0.780 e. The molecule has 216 valence electrons. The molecule has 0 radical (unpaired) electrons. The summed E-state index contributed by atoms with van der Waals surface area (Å²) in [6, 6.07) is 19.8. The van der Waals surface area contributed by atoms with Crippen molar-refractivity contribution in [2.75, 3.05) is 6.61 Å². The van der Waals surface area contributed by atoms with Crippen LogP contribution in [0.4, 0.5) is 0 Å². The molecule has 0 aliphatic rings. The molecule has 7 heteroatoms. The summed E-state index contributed by atoms with van der Waals surface area (Å²) >= 11 is 9.89. The van der Waals surface area contributed by atoms with Gasteiger partial charge in [-0.1, -0.05) is 134 Å². The average molecular weight is 650 g/mol. The SMILES string of the molecule is CC(C)C(Br)C(=O)C(C)(C)C.CC(C)C(Sc1ccccc1)C(=O)C(C)(C)C.CCO.[Na+].[S-]c1ccccc1. The summed E-state index contributed by atoms with van der Waals surface area (Å²) in [5.41, 5.74) is -0.491. The summed E-state index contributed by atoms with van der Waals surface area (Å²) in [4.78, 5) is 26.0. The third-order valence-electron chi connectivity index (χ3n) is 4.93. The number of carbonyl (C=O) groups excluding carboxylic acids is 2. The topological polar surface area (TPSA) is 54.4 Å². The average Bonchev–Trinajstić information content (AvgIpc) is 2.82. The zero-order chi connectivity index (χ0) is 30.1. The van der Waals surface area contributed by atoms with Crippen LogP contribution in [0.2, 0.25) is 0 Å². The first-order chi connectivity index (χ1) is 17.4. The monoisotopic (exact) mass is 648 g/mol. The molecule has 0 amide bonds. The van der Waals surface area contributed by atoms with Crippen molar-refractivity contribution in [2.45, 2.75) is 96.0 Å². The molecule has 2 atom stereocenters. The van der Waals surface area contributed by atoms with Crippen LogP contribution in [0.15, 0.2) is 70.5 Å². The molecule has 0 bridgehead atoms. The quantitative estimate of drug-likeness (QED) is 0.179. The molecule has 0 fully saturated rings. The van der Waals surface area contributed by atoms with Crippen LogP contribution < -0.4 is 29.6 Å². The van der Waals surface area contributed by atoms with E-state index in [0.717, 1.165) is 4.90 Å². The van der Waals surface area contributed by atoms with Crippen molar-refractivity contribution in [1.82, 2.24) is 0 Å². The van der Waals surface area contributed by atoms with E-state index in [1.165, 1.54) is 4.90 Å². The number of benzene rings is 2. The molecule has 0 saturated heterocycles. The smallest absolute Gasteiger partial charge is 0.780 e. The van der Waals surface area contributed by atoms with Gasteiger partial charge in [0.1, 0.15) is 0 Å². The molecule has 0 aliphatic heterocycles. The zero-order valence-electron chi connectivity index (χ0n) is 26.2. The van der Waals surface area contributed by atoms with E-state index in [-0.39, 0.29) is 62.9 Å². The third-order valence-corrected chi connectivity index (χ3v) is 8.23. The van der Waals surface area contributed by atoms with Crippen LogP contribution in [0.1, 0.15) is 76.2 Å². The second-order valence-electron chi connectivity index (χ2n) is 11.6. The number of hydrogen-bond donors (Lipinski definition) is 1. The Bertz CT molecular complexity index is 893. The van der Waals surface area contributed by atoms with Crippen LogP contribution in [0.5, 0.6) is 0 Å². The van der Waals surface area contributed by atoms with Gasteiger partial charge >= 0.3 is 29.6 Å². The van der Waals surface area contributed by atoms with Crippen LogP contribution in [0.3, 0.4) is 0 Å². The summed E-state index contributed by atoms with van der Waals surface area (Å²) in [5, 5.41) is 7.61. The van der Waals surface area contributed by atoms with Gasteiger partial charge in [0.2, 0.25) is 0 Å². The Morgan fingerprint density at radius 3 is 1.38 bits per heavy atom. The van der Waals surface area contributed by atoms with Gasteiger partial charge in [-0.3, -0.25) is 9.59 Å².